The van der Waals surface area contributed by atoms with Crippen LogP contribution in [0.1, 0.15) is 12.5 Å². The van der Waals surface area contributed by atoms with Gasteiger partial charge in [-0.2, -0.15) is 0 Å². The van der Waals surface area contributed by atoms with Crippen LogP contribution in [-0.4, -0.2) is 29.6 Å². The summed E-state index contributed by atoms with van der Waals surface area (Å²) in [6.07, 6.45) is -0.675. The van der Waals surface area contributed by atoms with Gasteiger partial charge in [-0.1, -0.05) is 12.1 Å². The second kappa shape index (κ2) is 6.00. The van der Waals surface area contributed by atoms with Crippen LogP contribution in [0.3, 0.4) is 0 Å². The molecule has 2 amide bonds. The van der Waals surface area contributed by atoms with Crippen molar-refractivity contribution in [2.75, 3.05) is 11.9 Å². The van der Waals surface area contributed by atoms with Crippen molar-refractivity contribution in [3.8, 4) is 0 Å². The summed E-state index contributed by atoms with van der Waals surface area (Å²) < 4.78 is 0. The maximum atomic E-state index is 11.4. The molecule has 0 aliphatic rings. The Balaban J connectivity index is 2.51. The van der Waals surface area contributed by atoms with E-state index in [-0.39, 0.29) is 6.54 Å². The van der Waals surface area contributed by atoms with Crippen molar-refractivity contribution in [1.82, 2.24) is 5.32 Å². The van der Waals surface area contributed by atoms with E-state index in [0.717, 1.165) is 5.56 Å². The Morgan fingerprint density at radius 3 is 2.65 bits per heavy atom. The molecule has 92 valence electrons. The zero-order valence-electron chi connectivity index (χ0n) is 9.86. The van der Waals surface area contributed by atoms with E-state index in [2.05, 4.69) is 10.6 Å². The van der Waals surface area contributed by atoms with E-state index in [1.165, 1.54) is 6.92 Å². The van der Waals surface area contributed by atoms with Gasteiger partial charge < -0.3 is 15.7 Å². The van der Waals surface area contributed by atoms with Crippen LogP contribution in [0.5, 0.6) is 0 Å². The molecule has 5 heteroatoms. The number of aryl methyl sites for hydroxylation is 1. The van der Waals surface area contributed by atoms with Gasteiger partial charge in [0.2, 0.25) is 0 Å². The normalized spacial score (nSPS) is 11.7. The molecule has 0 bridgehead atoms. The first-order valence-corrected chi connectivity index (χ1v) is 5.33. The number of hydrogen-bond donors (Lipinski definition) is 3. The zero-order chi connectivity index (χ0) is 12.8. The van der Waals surface area contributed by atoms with Gasteiger partial charge >= 0.3 is 11.8 Å². The number of nitrogens with one attached hydrogen (secondary N) is 2. The molecule has 5 nitrogen and oxygen atoms in total. The summed E-state index contributed by atoms with van der Waals surface area (Å²) in [4.78, 5) is 22.7. The molecule has 0 radical (unpaired) electrons. The minimum atomic E-state index is -0.757. The first-order valence-electron chi connectivity index (χ1n) is 5.33. The molecule has 1 aromatic rings. The van der Waals surface area contributed by atoms with Gasteiger partial charge in [-0.05, 0) is 31.5 Å². The molecular formula is C12H16N2O3. The van der Waals surface area contributed by atoms with Crippen LogP contribution in [0.25, 0.3) is 0 Å². The van der Waals surface area contributed by atoms with Gasteiger partial charge in [0.15, 0.2) is 0 Å². The van der Waals surface area contributed by atoms with E-state index in [4.69, 9.17) is 5.11 Å². The van der Waals surface area contributed by atoms with Crippen molar-refractivity contribution in [2.24, 2.45) is 0 Å². The lowest BCUT2D eigenvalue weighted by Crippen LogP contribution is -2.38. The monoisotopic (exact) mass is 236 g/mol. The molecule has 0 heterocycles. The van der Waals surface area contributed by atoms with Crippen molar-refractivity contribution in [3.05, 3.63) is 29.8 Å². The molecule has 0 aliphatic heterocycles. The minimum Gasteiger partial charge on any atom is -0.392 e. The zero-order valence-corrected chi connectivity index (χ0v) is 9.86. The van der Waals surface area contributed by atoms with Crippen LogP contribution < -0.4 is 10.6 Å². The second-order valence-electron chi connectivity index (χ2n) is 3.88. The van der Waals surface area contributed by atoms with Gasteiger partial charge in [0.1, 0.15) is 0 Å². The number of carbonyl (C=O) groups is 2. The highest BCUT2D eigenvalue weighted by molar-refractivity contribution is 6.39. The lowest BCUT2D eigenvalue weighted by molar-refractivity contribution is -0.136. The fourth-order valence-electron chi connectivity index (χ4n) is 1.23. The molecule has 0 saturated carbocycles. The maximum absolute atomic E-state index is 11.4. The third kappa shape index (κ3) is 4.65. The number of aliphatic hydroxyl groups is 1. The van der Waals surface area contributed by atoms with Crippen molar-refractivity contribution >= 4 is 17.5 Å². The van der Waals surface area contributed by atoms with Gasteiger partial charge in [0.25, 0.3) is 0 Å². The fourth-order valence-corrected chi connectivity index (χ4v) is 1.23. The number of benzene rings is 1. The number of carbonyl (C=O) groups excluding carboxylic acids is 2. The summed E-state index contributed by atoms with van der Waals surface area (Å²) in [5, 5.41) is 13.8. The van der Waals surface area contributed by atoms with E-state index < -0.39 is 17.9 Å². The lowest BCUT2D eigenvalue weighted by Gasteiger charge is -2.08. The second-order valence-corrected chi connectivity index (χ2v) is 3.88. The first-order chi connectivity index (χ1) is 7.99. The van der Waals surface area contributed by atoms with Crippen molar-refractivity contribution < 1.29 is 14.7 Å². The van der Waals surface area contributed by atoms with Crippen molar-refractivity contribution in [3.63, 3.8) is 0 Å². The lowest BCUT2D eigenvalue weighted by atomic mass is 10.2. The average Bonchev–Trinajstić information content (AvgIpc) is 2.25. The summed E-state index contributed by atoms with van der Waals surface area (Å²) in [7, 11) is 0. The Kier molecular flexibility index (Phi) is 4.66. The summed E-state index contributed by atoms with van der Waals surface area (Å²) in [6.45, 7) is 3.47. The van der Waals surface area contributed by atoms with Gasteiger partial charge in [-0.15, -0.1) is 0 Å². The molecule has 0 fully saturated rings. The molecule has 0 saturated heterocycles. The summed E-state index contributed by atoms with van der Waals surface area (Å²) in [5.41, 5.74) is 1.56. The summed E-state index contributed by atoms with van der Waals surface area (Å²) in [6, 6.07) is 7.15. The van der Waals surface area contributed by atoms with E-state index in [1.54, 1.807) is 18.2 Å². The summed E-state index contributed by atoms with van der Waals surface area (Å²) in [5.74, 6) is -1.50. The molecule has 3 N–H and O–H groups in total. The van der Waals surface area contributed by atoms with E-state index >= 15 is 0 Å². The minimum absolute atomic E-state index is 0.0556. The molecule has 1 aromatic carbocycles. The maximum Gasteiger partial charge on any atom is 0.313 e. The van der Waals surface area contributed by atoms with Crippen molar-refractivity contribution in [1.29, 1.82) is 0 Å². The molecule has 0 aliphatic carbocycles. The molecule has 1 atom stereocenters. The van der Waals surface area contributed by atoms with Gasteiger partial charge in [-0.3, -0.25) is 9.59 Å². The number of anilines is 1. The number of aliphatic hydroxyl groups excluding tert-OH is 1. The number of rotatable bonds is 3. The SMILES string of the molecule is Cc1cccc(NC(=O)C(=O)NC[C@H](C)O)c1. The van der Waals surface area contributed by atoms with Crippen LogP contribution in [0.2, 0.25) is 0 Å². The highest BCUT2D eigenvalue weighted by atomic mass is 16.3. The highest BCUT2D eigenvalue weighted by Gasteiger charge is 2.13. The van der Waals surface area contributed by atoms with E-state index in [9.17, 15) is 9.59 Å². The Hall–Kier alpha value is -1.88. The van der Waals surface area contributed by atoms with Crippen LogP contribution in [-0.2, 0) is 9.59 Å². The topological polar surface area (TPSA) is 78.4 Å². The fraction of sp³-hybridized carbons (Fsp3) is 0.333. The van der Waals surface area contributed by atoms with Gasteiger partial charge in [0.05, 0.1) is 6.10 Å². The van der Waals surface area contributed by atoms with Crippen LogP contribution >= 0.6 is 0 Å². The number of amides is 2. The molecular weight excluding hydrogens is 220 g/mol. The quantitative estimate of drug-likeness (QED) is 0.666. The predicted molar refractivity (Wildman–Crippen MR) is 64.5 cm³/mol. The first kappa shape index (κ1) is 13.2. The Morgan fingerprint density at radius 1 is 1.35 bits per heavy atom. The third-order valence-electron chi connectivity index (χ3n) is 2.04. The number of hydrogen-bond acceptors (Lipinski definition) is 3. The predicted octanol–water partition coefficient (Wildman–Crippen LogP) is 0.431. The molecule has 1 rings (SSSR count). The molecule has 17 heavy (non-hydrogen) atoms. The smallest absolute Gasteiger partial charge is 0.313 e. The van der Waals surface area contributed by atoms with Crippen LogP contribution in [0.4, 0.5) is 5.69 Å². The Bertz CT molecular complexity index is 416. The average molecular weight is 236 g/mol. The van der Waals surface area contributed by atoms with Crippen LogP contribution in [0.15, 0.2) is 24.3 Å². The molecule has 0 spiro atoms. The van der Waals surface area contributed by atoms with Gasteiger partial charge in [0, 0.05) is 12.2 Å². The summed E-state index contributed by atoms with van der Waals surface area (Å²) >= 11 is 0. The van der Waals surface area contributed by atoms with Gasteiger partial charge in [-0.25, -0.2) is 0 Å². The highest BCUT2D eigenvalue weighted by Crippen LogP contribution is 2.08. The van der Waals surface area contributed by atoms with Crippen LogP contribution in [0, 0.1) is 6.92 Å². The molecule has 0 unspecified atom stereocenters. The molecule has 0 aromatic heterocycles. The van der Waals surface area contributed by atoms with E-state index in [0.29, 0.717) is 5.69 Å². The third-order valence-corrected chi connectivity index (χ3v) is 2.04. The van der Waals surface area contributed by atoms with E-state index in [1.807, 2.05) is 13.0 Å². The standard InChI is InChI=1S/C12H16N2O3/c1-8-4-3-5-10(6-8)14-12(17)11(16)13-7-9(2)15/h3-6,9,15H,7H2,1-2H3,(H,13,16)(H,14,17)/t9-/m0/s1. The largest absolute Gasteiger partial charge is 0.392 e. The Morgan fingerprint density at radius 2 is 2.06 bits per heavy atom. The Labute approximate surface area is 99.8 Å². The van der Waals surface area contributed by atoms with Crippen molar-refractivity contribution in [2.45, 2.75) is 20.0 Å².